The normalized spacial score (nSPS) is 10.9. The number of rotatable bonds is 7. The van der Waals surface area contributed by atoms with Crippen molar-refractivity contribution >= 4 is 39.2 Å². The molecule has 150 valence electrons. The van der Waals surface area contributed by atoms with E-state index in [0.29, 0.717) is 5.69 Å². The van der Waals surface area contributed by atoms with E-state index in [1.165, 1.54) is 50.6 Å². The fourth-order valence-corrected chi connectivity index (χ4v) is 2.98. The van der Waals surface area contributed by atoms with Gasteiger partial charge in [-0.25, -0.2) is 18.4 Å². The van der Waals surface area contributed by atoms with Crippen molar-refractivity contribution in [3.05, 3.63) is 47.0 Å². The van der Waals surface area contributed by atoms with Gasteiger partial charge in [-0.05, 0) is 36.4 Å². The maximum Gasteiger partial charge on any atom is 0.338 e. The Balaban J connectivity index is 1.99. The predicted octanol–water partition coefficient (Wildman–Crippen LogP) is 1.80. The van der Waals surface area contributed by atoms with E-state index in [1.54, 1.807) is 0 Å². The van der Waals surface area contributed by atoms with Gasteiger partial charge >= 0.3 is 5.97 Å². The Hall–Kier alpha value is -2.82. The van der Waals surface area contributed by atoms with E-state index in [-0.39, 0.29) is 27.0 Å². The minimum Gasteiger partial charge on any atom is -0.493 e. The first kappa shape index (κ1) is 21.5. The van der Waals surface area contributed by atoms with Crippen molar-refractivity contribution < 1.29 is 32.2 Å². The lowest BCUT2D eigenvalue weighted by Gasteiger charge is -2.11. The fraction of sp³-hybridized carbons (Fsp3) is 0.176. The van der Waals surface area contributed by atoms with E-state index in [2.05, 4.69) is 5.32 Å². The van der Waals surface area contributed by atoms with Gasteiger partial charge in [-0.15, -0.1) is 0 Å². The van der Waals surface area contributed by atoms with Crippen LogP contribution in [0.4, 0.5) is 5.69 Å². The van der Waals surface area contributed by atoms with Crippen LogP contribution in [-0.2, 0) is 19.6 Å². The van der Waals surface area contributed by atoms with Gasteiger partial charge in [-0.3, -0.25) is 4.79 Å². The van der Waals surface area contributed by atoms with Crippen LogP contribution in [0.25, 0.3) is 0 Å². The summed E-state index contributed by atoms with van der Waals surface area (Å²) in [6.45, 7) is -0.568. The lowest BCUT2D eigenvalue weighted by atomic mass is 10.2. The van der Waals surface area contributed by atoms with Crippen LogP contribution in [0.5, 0.6) is 11.5 Å². The lowest BCUT2D eigenvalue weighted by molar-refractivity contribution is -0.119. The number of hydrogen-bond acceptors (Lipinski definition) is 7. The maximum absolute atomic E-state index is 12.1. The van der Waals surface area contributed by atoms with Crippen LogP contribution < -0.4 is 19.9 Å². The molecule has 3 N–H and O–H groups in total. The molecule has 0 bridgehead atoms. The molecule has 0 aliphatic rings. The average Bonchev–Trinajstić information content (AvgIpc) is 2.65. The smallest absolute Gasteiger partial charge is 0.338 e. The summed E-state index contributed by atoms with van der Waals surface area (Å²) in [6.07, 6.45) is 0. The van der Waals surface area contributed by atoms with Crippen molar-refractivity contribution in [3.8, 4) is 11.5 Å². The maximum atomic E-state index is 12.1. The van der Waals surface area contributed by atoms with Crippen molar-refractivity contribution in [1.29, 1.82) is 0 Å². The quantitative estimate of drug-likeness (QED) is 0.642. The summed E-state index contributed by atoms with van der Waals surface area (Å²) in [7, 11) is -1.04. The van der Waals surface area contributed by atoms with Crippen LogP contribution in [0, 0.1) is 0 Å². The summed E-state index contributed by atoms with van der Waals surface area (Å²) < 4.78 is 37.5. The Morgan fingerprint density at radius 1 is 1.11 bits per heavy atom. The molecule has 0 atom stereocenters. The second kappa shape index (κ2) is 8.91. The Bertz CT molecular complexity index is 991. The number of amides is 1. The molecule has 0 heterocycles. The Morgan fingerprint density at radius 3 is 2.29 bits per heavy atom. The molecule has 2 aromatic carbocycles. The molecule has 0 aliphatic heterocycles. The number of esters is 1. The van der Waals surface area contributed by atoms with Crippen molar-refractivity contribution in [3.63, 3.8) is 0 Å². The molecule has 0 saturated heterocycles. The van der Waals surface area contributed by atoms with E-state index in [1.807, 2.05) is 0 Å². The topological polar surface area (TPSA) is 134 Å². The number of sulfonamides is 1. The Morgan fingerprint density at radius 2 is 1.75 bits per heavy atom. The van der Waals surface area contributed by atoms with Crippen LogP contribution in [0.2, 0.25) is 5.02 Å². The van der Waals surface area contributed by atoms with Gasteiger partial charge in [0.05, 0.1) is 29.7 Å². The molecule has 0 fully saturated rings. The average molecular weight is 429 g/mol. The molecule has 2 aromatic rings. The molecule has 0 radical (unpaired) electrons. The number of carbonyl (C=O) groups excluding carboxylic acids is 2. The summed E-state index contributed by atoms with van der Waals surface area (Å²) in [5.41, 5.74) is 0.385. The zero-order chi connectivity index (χ0) is 20.9. The molecule has 0 unspecified atom stereocenters. The highest BCUT2D eigenvalue weighted by Crippen LogP contribution is 2.36. The van der Waals surface area contributed by atoms with Gasteiger partial charge in [0.1, 0.15) is 0 Å². The predicted molar refractivity (Wildman–Crippen MR) is 101 cm³/mol. The highest BCUT2D eigenvalue weighted by molar-refractivity contribution is 7.89. The van der Waals surface area contributed by atoms with E-state index in [4.69, 9.17) is 31.0 Å². The Labute approximate surface area is 166 Å². The molecule has 11 heteroatoms. The summed E-state index contributed by atoms with van der Waals surface area (Å²) in [5, 5.41) is 7.60. The number of benzene rings is 2. The van der Waals surface area contributed by atoms with Gasteiger partial charge in [0.25, 0.3) is 5.91 Å². The molecule has 1 amide bonds. The molecule has 0 aromatic heterocycles. The van der Waals surface area contributed by atoms with E-state index in [9.17, 15) is 18.0 Å². The number of methoxy groups -OCH3 is 2. The highest BCUT2D eigenvalue weighted by Gasteiger charge is 2.17. The monoisotopic (exact) mass is 428 g/mol. The van der Waals surface area contributed by atoms with Gasteiger partial charge in [-0.1, -0.05) is 11.6 Å². The van der Waals surface area contributed by atoms with E-state index in [0.717, 1.165) is 0 Å². The minimum atomic E-state index is -3.83. The largest absolute Gasteiger partial charge is 0.493 e. The first-order valence-corrected chi connectivity index (χ1v) is 9.59. The lowest BCUT2D eigenvalue weighted by Crippen LogP contribution is -2.21. The number of ether oxygens (including phenoxy) is 3. The molecule has 0 aliphatic carbocycles. The summed E-state index contributed by atoms with van der Waals surface area (Å²) in [5.74, 6) is -0.909. The molecule has 9 nitrogen and oxygen atoms in total. The second-order valence-corrected chi connectivity index (χ2v) is 7.36. The zero-order valence-corrected chi connectivity index (χ0v) is 16.5. The number of halogens is 1. The van der Waals surface area contributed by atoms with Crippen molar-refractivity contribution in [2.75, 3.05) is 26.1 Å². The molecular formula is C17H17ClN2O7S. The standard InChI is InChI=1S/C17H17ClN2O7S/c1-25-14-8-10(7-13(18)16(14)26-2)17(22)27-9-15(21)20-11-3-5-12(6-4-11)28(19,23)24/h3-8H,9H2,1-2H3,(H,20,21)(H2,19,23,24). The molecule has 0 saturated carbocycles. The molecule has 0 spiro atoms. The molecule has 28 heavy (non-hydrogen) atoms. The third-order valence-electron chi connectivity index (χ3n) is 3.47. The number of hydrogen-bond donors (Lipinski definition) is 2. The van der Waals surface area contributed by atoms with Crippen molar-refractivity contribution in [2.24, 2.45) is 5.14 Å². The third-order valence-corrected chi connectivity index (χ3v) is 4.68. The number of anilines is 1. The van der Waals surface area contributed by atoms with Crippen molar-refractivity contribution in [2.45, 2.75) is 4.90 Å². The molecular weight excluding hydrogens is 412 g/mol. The number of primary sulfonamides is 1. The Kier molecular flexibility index (Phi) is 6.84. The zero-order valence-electron chi connectivity index (χ0n) is 14.9. The van der Waals surface area contributed by atoms with Crippen LogP contribution in [0.1, 0.15) is 10.4 Å². The van der Waals surface area contributed by atoms with Gasteiger partial charge in [0, 0.05) is 5.69 Å². The fourth-order valence-electron chi connectivity index (χ4n) is 2.18. The van der Waals surface area contributed by atoms with Crippen molar-refractivity contribution in [1.82, 2.24) is 0 Å². The van der Waals surface area contributed by atoms with Gasteiger partial charge in [0.2, 0.25) is 10.0 Å². The minimum absolute atomic E-state index is 0.0768. The first-order chi connectivity index (χ1) is 13.2. The summed E-state index contributed by atoms with van der Waals surface area (Å²) >= 11 is 6.03. The third kappa shape index (κ3) is 5.35. The second-order valence-electron chi connectivity index (χ2n) is 5.39. The van der Waals surface area contributed by atoms with Crippen LogP contribution in [0.15, 0.2) is 41.3 Å². The van der Waals surface area contributed by atoms with Crippen LogP contribution in [0.3, 0.4) is 0 Å². The summed E-state index contributed by atoms with van der Waals surface area (Å²) in [6, 6.07) is 7.89. The van der Waals surface area contributed by atoms with E-state index >= 15 is 0 Å². The van der Waals surface area contributed by atoms with E-state index < -0.39 is 28.5 Å². The SMILES string of the molecule is COc1cc(C(=O)OCC(=O)Nc2ccc(S(N)(=O)=O)cc2)cc(Cl)c1OC. The number of carbonyl (C=O) groups is 2. The number of nitrogens with two attached hydrogens (primary N) is 1. The molecule has 2 rings (SSSR count). The van der Waals surface area contributed by atoms with Gasteiger partial charge < -0.3 is 19.5 Å². The van der Waals surface area contributed by atoms with Crippen LogP contribution >= 0.6 is 11.6 Å². The van der Waals surface area contributed by atoms with Gasteiger partial charge in [0.15, 0.2) is 18.1 Å². The number of nitrogens with one attached hydrogen (secondary N) is 1. The summed E-state index contributed by atoms with van der Waals surface area (Å²) in [4.78, 5) is 24.0. The van der Waals surface area contributed by atoms with Crippen LogP contribution in [-0.4, -0.2) is 41.1 Å². The highest BCUT2D eigenvalue weighted by atomic mass is 35.5. The first-order valence-electron chi connectivity index (χ1n) is 7.67. The van der Waals surface area contributed by atoms with Gasteiger partial charge in [-0.2, -0.15) is 0 Å².